The number of amides is 1. The number of benzene rings is 1. The fourth-order valence-corrected chi connectivity index (χ4v) is 1.08. The number of primary amides is 1. The number of ether oxygens (including phenoxy) is 1. The van der Waals surface area contributed by atoms with Gasteiger partial charge in [0, 0.05) is 6.54 Å². The van der Waals surface area contributed by atoms with E-state index in [-0.39, 0.29) is 13.2 Å². The fraction of sp³-hybridized carbons (Fsp3) is 0.300. The van der Waals surface area contributed by atoms with E-state index in [1.54, 1.807) is 24.3 Å². The lowest BCUT2D eigenvalue weighted by Crippen LogP contribution is -2.20. The molecule has 0 fully saturated rings. The second kappa shape index (κ2) is 5.33. The van der Waals surface area contributed by atoms with Gasteiger partial charge >= 0.3 is 0 Å². The predicted molar refractivity (Wildman–Crippen MR) is 55.1 cm³/mol. The normalized spacial score (nSPS) is 12.1. The summed E-state index contributed by atoms with van der Waals surface area (Å²) in [6.07, 6.45) is -0.671. The molecule has 1 atom stereocenters. The van der Waals surface area contributed by atoms with Crippen LogP contribution in [0.4, 0.5) is 0 Å². The lowest BCUT2D eigenvalue weighted by Gasteiger charge is -2.09. The zero-order chi connectivity index (χ0) is 11.3. The zero-order valence-corrected chi connectivity index (χ0v) is 8.22. The van der Waals surface area contributed by atoms with E-state index in [0.717, 1.165) is 0 Å². The molecule has 0 heterocycles. The summed E-state index contributed by atoms with van der Waals surface area (Å²) in [6.45, 7) is 0.0142. The highest BCUT2D eigenvalue weighted by Gasteiger charge is 2.04. The van der Waals surface area contributed by atoms with Crippen LogP contribution in [0, 0.1) is 0 Å². The molecule has 5 N–H and O–H groups in total. The third-order valence-electron chi connectivity index (χ3n) is 1.87. The Labute approximate surface area is 87.6 Å². The Balaban J connectivity index is 2.60. The molecule has 0 aliphatic carbocycles. The van der Waals surface area contributed by atoms with Gasteiger partial charge in [-0.15, -0.1) is 0 Å². The molecule has 5 heteroatoms. The van der Waals surface area contributed by atoms with Crippen LogP contribution in [0.3, 0.4) is 0 Å². The van der Waals surface area contributed by atoms with Crippen LogP contribution in [-0.2, 0) is 4.79 Å². The van der Waals surface area contributed by atoms with Crippen LogP contribution >= 0.6 is 0 Å². The molecule has 15 heavy (non-hydrogen) atoms. The van der Waals surface area contributed by atoms with Crippen molar-refractivity contribution in [3.63, 3.8) is 0 Å². The molecule has 1 amide bonds. The smallest absolute Gasteiger partial charge is 0.255 e. The van der Waals surface area contributed by atoms with E-state index in [1.165, 1.54) is 0 Å². The Kier molecular flexibility index (Phi) is 4.08. The SMILES string of the molecule is NCC(O)c1ccc(OCC(N)=O)cc1. The number of aliphatic hydroxyl groups excluding tert-OH is 1. The molecule has 0 aliphatic heterocycles. The van der Waals surface area contributed by atoms with Crippen LogP contribution in [0.1, 0.15) is 11.7 Å². The van der Waals surface area contributed by atoms with Gasteiger partial charge in [-0.1, -0.05) is 12.1 Å². The van der Waals surface area contributed by atoms with Crippen molar-refractivity contribution < 1.29 is 14.6 Å². The van der Waals surface area contributed by atoms with Crippen molar-refractivity contribution in [3.8, 4) is 5.75 Å². The van der Waals surface area contributed by atoms with Crippen molar-refractivity contribution in [1.82, 2.24) is 0 Å². The number of hydrogen-bond donors (Lipinski definition) is 3. The van der Waals surface area contributed by atoms with Crippen LogP contribution in [0.25, 0.3) is 0 Å². The Hall–Kier alpha value is -1.59. The lowest BCUT2D eigenvalue weighted by atomic mass is 10.1. The minimum atomic E-state index is -0.671. The van der Waals surface area contributed by atoms with Crippen molar-refractivity contribution in [2.45, 2.75) is 6.10 Å². The average Bonchev–Trinajstić information content (AvgIpc) is 2.26. The molecule has 0 saturated heterocycles. The first kappa shape index (κ1) is 11.5. The highest BCUT2D eigenvalue weighted by molar-refractivity contribution is 5.75. The maximum atomic E-state index is 10.4. The Morgan fingerprint density at radius 2 is 2.00 bits per heavy atom. The molecule has 1 aromatic carbocycles. The van der Waals surface area contributed by atoms with Gasteiger partial charge in [-0.05, 0) is 17.7 Å². The van der Waals surface area contributed by atoms with Gasteiger partial charge in [0.1, 0.15) is 5.75 Å². The molecule has 0 aliphatic rings. The number of carbonyl (C=O) groups excluding carboxylic acids is 1. The summed E-state index contributed by atoms with van der Waals surface area (Å²) >= 11 is 0. The number of nitrogens with two attached hydrogens (primary N) is 2. The van der Waals surface area contributed by atoms with Crippen molar-refractivity contribution in [1.29, 1.82) is 0 Å². The van der Waals surface area contributed by atoms with Gasteiger partial charge in [-0.3, -0.25) is 4.79 Å². The molecule has 0 bridgehead atoms. The summed E-state index contributed by atoms with van der Waals surface area (Å²) < 4.78 is 5.05. The Morgan fingerprint density at radius 3 is 2.47 bits per heavy atom. The number of carbonyl (C=O) groups is 1. The van der Waals surface area contributed by atoms with E-state index >= 15 is 0 Å². The van der Waals surface area contributed by atoms with Gasteiger partial charge in [-0.25, -0.2) is 0 Å². The van der Waals surface area contributed by atoms with Crippen LogP contribution in [0.2, 0.25) is 0 Å². The Bertz CT molecular complexity index is 324. The highest BCUT2D eigenvalue weighted by atomic mass is 16.5. The summed E-state index contributed by atoms with van der Waals surface area (Å²) in [6, 6.07) is 6.68. The second-order valence-electron chi connectivity index (χ2n) is 3.08. The molecule has 0 aromatic heterocycles. The minimum Gasteiger partial charge on any atom is -0.484 e. The summed E-state index contributed by atoms with van der Waals surface area (Å²) in [4.78, 5) is 10.4. The molecule has 1 unspecified atom stereocenters. The summed E-state index contributed by atoms with van der Waals surface area (Å²) in [5, 5.41) is 9.40. The Morgan fingerprint density at radius 1 is 1.40 bits per heavy atom. The standard InChI is InChI=1S/C10H14N2O3/c11-5-9(13)7-1-3-8(4-2-7)15-6-10(12)14/h1-4,9,13H,5-6,11H2,(H2,12,14). The van der Waals surface area contributed by atoms with Gasteiger partial charge < -0.3 is 21.3 Å². The molecule has 1 aromatic rings. The number of hydrogen-bond acceptors (Lipinski definition) is 4. The van der Waals surface area contributed by atoms with Gasteiger partial charge in [0.05, 0.1) is 6.10 Å². The van der Waals surface area contributed by atoms with E-state index in [0.29, 0.717) is 11.3 Å². The van der Waals surface area contributed by atoms with E-state index < -0.39 is 12.0 Å². The van der Waals surface area contributed by atoms with E-state index in [2.05, 4.69) is 0 Å². The molecule has 0 saturated carbocycles. The number of rotatable bonds is 5. The van der Waals surface area contributed by atoms with Crippen LogP contribution in [0.5, 0.6) is 5.75 Å². The summed E-state index contributed by atoms with van der Waals surface area (Å²) in [5.74, 6) is 0.00263. The average molecular weight is 210 g/mol. The monoisotopic (exact) mass is 210 g/mol. The van der Waals surface area contributed by atoms with Crippen LogP contribution in [0.15, 0.2) is 24.3 Å². The van der Waals surface area contributed by atoms with Crippen molar-refractivity contribution in [3.05, 3.63) is 29.8 Å². The molecule has 0 radical (unpaired) electrons. The first-order valence-corrected chi connectivity index (χ1v) is 4.52. The number of aliphatic hydroxyl groups is 1. The first-order valence-electron chi connectivity index (χ1n) is 4.52. The van der Waals surface area contributed by atoms with Gasteiger partial charge in [0.2, 0.25) is 0 Å². The van der Waals surface area contributed by atoms with Gasteiger partial charge in [-0.2, -0.15) is 0 Å². The molecule has 82 valence electrons. The van der Waals surface area contributed by atoms with Crippen molar-refractivity contribution >= 4 is 5.91 Å². The maximum absolute atomic E-state index is 10.4. The first-order chi connectivity index (χ1) is 7.13. The van der Waals surface area contributed by atoms with Gasteiger partial charge in [0.15, 0.2) is 6.61 Å². The van der Waals surface area contributed by atoms with E-state index in [9.17, 15) is 9.90 Å². The third-order valence-corrected chi connectivity index (χ3v) is 1.87. The minimum absolute atomic E-state index is 0.154. The molecular formula is C10H14N2O3. The molecular weight excluding hydrogens is 196 g/mol. The summed E-state index contributed by atoms with van der Waals surface area (Å²) in [7, 11) is 0. The lowest BCUT2D eigenvalue weighted by molar-refractivity contribution is -0.119. The molecule has 1 rings (SSSR count). The van der Waals surface area contributed by atoms with E-state index in [1.807, 2.05) is 0 Å². The zero-order valence-electron chi connectivity index (χ0n) is 8.22. The fourth-order valence-electron chi connectivity index (χ4n) is 1.08. The predicted octanol–water partition coefficient (Wildman–Crippen LogP) is -0.457. The molecule has 5 nitrogen and oxygen atoms in total. The highest BCUT2D eigenvalue weighted by Crippen LogP contribution is 2.16. The third kappa shape index (κ3) is 3.57. The van der Waals surface area contributed by atoms with E-state index in [4.69, 9.17) is 16.2 Å². The van der Waals surface area contributed by atoms with Gasteiger partial charge in [0.25, 0.3) is 5.91 Å². The van der Waals surface area contributed by atoms with Crippen LogP contribution in [-0.4, -0.2) is 24.2 Å². The maximum Gasteiger partial charge on any atom is 0.255 e. The van der Waals surface area contributed by atoms with Crippen LogP contribution < -0.4 is 16.2 Å². The molecule has 0 spiro atoms. The quantitative estimate of drug-likeness (QED) is 0.612. The second-order valence-corrected chi connectivity index (χ2v) is 3.08. The topological polar surface area (TPSA) is 98.6 Å². The summed E-state index contributed by atoms with van der Waals surface area (Å²) in [5.41, 5.74) is 10.9. The van der Waals surface area contributed by atoms with Crippen molar-refractivity contribution in [2.75, 3.05) is 13.2 Å². The largest absolute Gasteiger partial charge is 0.484 e. The van der Waals surface area contributed by atoms with Crippen molar-refractivity contribution in [2.24, 2.45) is 11.5 Å².